The van der Waals surface area contributed by atoms with Gasteiger partial charge in [-0.1, -0.05) is 72.4 Å². The molecule has 5 fully saturated rings. The number of hydrogen-bond acceptors (Lipinski definition) is 6. The van der Waals surface area contributed by atoms with Crippen molar-refractivity contribution in [2.45, 2.75) is 87.2 Å². The van der Waals surface area contributed by atoms with Crippen molar-refractivity contribution in [3.05, 3.63) is 125 Å². The van der Waals surface area contributed by atoms with E-state index in [1.165, 1.54) is 37.2 Å². The minimum atomic E-state index is -0.606. The first-order valence-electron chi connectivity index (χ1n) is 18.0. The number of benzene rings is 3. The molecule has 1 saturated heterocycles. The predicted molar refractivity (Wildman–Crippen MR) is 193 cm³/mol. The molecule has 260 valence electrons. The van der Waals surface area contributed by atoms with Gasteiger partial charge in [-0.15, -0.1) is 0 Å². The molecule has 50 heavy (non-hydrogen) atoms. The number of amides is 2. The summed E-state index contributed by atoms with van der Waals surface area (Å²) in [5.74, 6) is 2.95. The summed E-state index contributed by atoms with van der Waals surface area (Å²) in [4.78, 5) is 13.1. The molecule has 9 heteroatoms. The van der Waals surface area contributed by atoms with Crippen LogP contribution in [0.15, 0.2) is 102 Å². The monoisotopic (exact) mass is 691 g/mol. The van der Waals surface area contributed by atoms with E-state index in [9.17, 15) is 15.1 Å². The van der Waals surface area contributed by atoms with Gasteiger partial charge in [-0.25, -0.2) is 4.79 Å². The van der Waals surface area contributed by atoms with Crippen molar-refractivity contribution >= 4 is 17.8 Å². The second-order valence-electron chi connectivity index (χ2n) is 14.9. The number of pyridine rings is 1. The van der Waals surface area contributed by atoms with Crippen LogP contribution in [-0.2, 0) is 22.6 Å². The van der Waals surface area contributed by atoms with Crippen molar-refractivity contribution in [3.63, 3.8) is 0 Å². The highest BCUT2D eigenvalue weighted by molar-refractivity contribution is 7.99. The topological polar surface area (TPSA) is 107 Å². The first-order chi connectivity index (χ1) is 24.4. The molecule has 2 amide bonds. The normalized spacial score (nSPS) is 28.3. The van der Waals surface area contributed by atoms with Gasteiger partial charge >= 0.3 is 6.03 Å². The molecule has 0 spiro atoms. The fourth-order valence-corrected chi connectivity index (χ4v) is 10.1. The summed E-state index contributed by atoms with van der Waals surface area (Å²) in [6.45, 7) is 0.448. The van der Waals surface area contributed by atoms with Gasteiger partial charge in [-0.05, 0) is 102 Å². The van der Waals surface area contributed by atoms with Crippen LogP contribution in [0.1, 0.15) is 79.6 Å². The van der Waals surface area contributed by atoms with Crippen LogP contribution >= 0.6 is 11.8 Å². The lowest BCUT2D eigenvalue weighted by atomic mass is 9.53. The van der Waals surface area contributed by atoms with Gasteiger partial charge in [0, 0.05) is 42.0 Å². The highest BCUT2D eigenvalue weighted by atomic mass is 32.2. The minimum absolute atomic E-state index is 0.0105. The van der Waals surface area contributed by atoms with Gasteiger partial charge in [0.15, 0.2) is 12.5 Å². The van der Waals surface area contributed by atoms with Crippen molar-refractivity contribution in [2.24, 2.45) is 17.8 Å². The predicted octanol–water partition coefficient (Wildman–Crippen LogP) is 7.59. The molecule has 9 rings (SSSR count). The van der Waals surface area contributed by atoms with Crippen LogP contribution in [0.4, 0.5) is 4.79 Å². The lowest BCUT2D eigenvalue weighted by Crippen LogP contribution is -2.61. The van der Waals surface area contributed by atoms with Crippen molar-refractivity contribution in [1.82, 2.24) is 10.6 Å². The molecule has 5 aliphatic rings. The van der Waals surface area contributed by atoms with E-state index in [1.807, 2.05) is 54.6 Å². The Bertz CT molecular complexity index is 1780. The third kappa shape index (κ3) is 7.42. The average Bonchev–Trinajstić information content (AvgIpc) is 3.13. The van der Waals surface area contributed by atoms with Gasteiger partial charge in [0.1, 0.15) is 0 Å². The summed E-state index contributed by atoms with van der Waals surface area (Å²) in [6.07, 6.45) is 8.63. The van der Waals surface area contributed by atoms with Gasteiger partial charge in [0.05, 0.1) is 18.8 Å². The SMILES string of the molecule is O=C(NCc1cccc(-c2cccc([C@@H]3O[C@H](CSc4cccc[n+]4[O-])C[C@H](c4ccc(CO)cc4)O3)c2)c1)NC12CC3CC(CC(C3)C1)C2. The molecule has 4 aliphatic carbocycles. The summed E-state index contributed by atoms with van der Waals surface area (Å²) in [5.41, 5.74) is 5.89. The molecule has 4 bridgehead atoms. The Kier molecular flexibility index (Phi) is 9.57. The summed E-state index contributed by atoms with van der Waals surface area (Å²) < 4.78 is 14.0. The smallest absolute Gasteiger partial charge is 0.315 e. The van der Waals surface area contributed by atoms with E-state index in [0.29, 0.717) is 23.7 Å². The van der Waals surface area contributed by atoms with Crippen LogP contribution in [-0.4, -0.2) is 28.5 Å². The number of nitrogens with one attached hydrogen (secondary N) is 2. The number of carbonyl (C=O) groups excluding carboxylic acids is 1. The van der Waals surface area contributed by atoms with E-state index in [2.05, 4.69) is 41.0 Å². The molecule has 1 aliphatic heterocycles. The largest absolute Gasteiger partial charge is 0.618 e. The molecule has 2 heterocycles. The van der Waals surface area contributed by atoms with Crippen molar-refractivity contribution < 1.29 is 24.1 Å². The van der Waals surface area contributed by atoms with E-state index in [-0.39, 0.29) is 30.4 Å². The van der Waals surface area contributed by atoms with E-state index in [4.69, 9.17) is 9.47 Å². The van der Waals surface area contributed by atoms with Crippen LogP contribution in [0.3, 0.4) is 0 Å². The number of thioether (sulfide) groups is 1. The number of aliphatic hydroxyl groups excluding tert-OH is 1. The van der Waals surface area contributed by atoms with Crippen molar-refractivity contribution in [2.75, 3.05) is 5.75 Å². The summed E-state index contributed by atoms with van der Waals surface area (Å²) in [7, 11) is 0. The Morgan fingerprint density at radius 1 is 0.820 bits per heavy atom. The standard InChI is InChI=1S/C41H45N3O5S/c45-25-27-10-12-32(13-11-27)37-20-36(26-50-38-9-1-2-14-44(38)47)48-39(49-37)35-8-4-7-34(19-35)33-6-3-5-28(18-33)24-42-40(46)43-41-21-29-15-30(22-41)17-31(16-29)23-41/h1-14,18-19,29-31,36-37,39,45H,15-17,20-26H2,(H2,42,43,46)/t29?,30?,31?,36-,37+,39+,41?/m0/s1. The van der Waals surface area contributed by atoms with Gasteiger partial charge in [-0.2, -0.15) is 4.73 Å². The molecular formula is C41H45N3O5S. The van der Waals surface area contributed by atoms with E-state index >= 15 is 0 Å². The fraction of sp³-hybridized carbons (Fsp3) is 0.415. The number of rotatable bonds is 10. The summed E-state index contributed by atoms with van der Waals surface area (Å²) in [5, 5.41) is 29.1. The Labute approximate surface area is 298 Å². The highest BCUT2D eigenvalue weighted by Gasteiger charge is 2.51. The Balaban J connectivity index is 0.955. The van der Waals surface area contributed by atoms with Crippen LogP contribution in [0.5, 0.6) is 0 Å². The first-order valence-corrected chi connectivity index (χ1v) is 19.0. The number of carbonyl (C=O) groups is 1. The Morgan fingerprint density at radius 2 is 1.54 bits per heavy atom. The molecule has 0 unspecified atom stereocenters. The zero-order valence-electron chi connectivity index (χ0n) is 28.2. The molecule has 3 N–H and O–H groups in total. The van der Waals surface area contributed by atoms with Crippen LogP contribution < -0.4 is 15.4 Å². The second kappa shape index (κ2) is 14.4. The van der Waals surface area contributed by atoms with Crippen LogP contribution in [0.2, 0.25) is 0 Å². The zero-order chi connectivity index (χ0) is 34.1. The van der Waals surface area contributed by atoms with Crippen molar-refractivity contribution in [3.8, 4) is 11.1 Å². The van der Waals surface area contributed by atoms with Gasteiger partial charge in [0.25, 0.3) is 5.03 Å². The van der Waals surface area contributed by atoms with Crippen molar-refractivity contribution in [1.29, 1.82) is 0 Å². The quantitative estimate of drug-likeness (QED) is 0.0900. The third-order valence-electron chi connectivity index (χ3n) is 11.1. The van der Waals surface area contributed by atoms with E-state index < -0.39 is 6.29 Å². The highest BCUT2D eigenvalue weighted by Crippen LogP contribution is 2.55. The van der Waals surface area contributed by atoms with E-state index in [1.54, 1.807) is 6.07 Å². The van der Waals surface area contributed by atoms with Gasteiger partial charge in [-0.3, -0.25) is 0 Å². The van der Waals surface area contributed by atoms with Gasteiger partial charge in [0.2, 0.25) is 0 Å². The third-order valence-corrected chi connectivity index (χ3v) is 12.3. The zero-order valence-corrected chi connectivity index (χ0v) is 29.0. The summed E-state index contributed by atoms with van der Waals surface area (Å²) in [6, 6.07) is 29.8. The van der Waals surface area contributed by atoms with E-state index in [0.717, 1.165) is 75.1 Å². The number of aromatic nitrogens is 1. The molecule has 0 radical (unpaired) electrons. The maximum Gasteiger partial charge on any atom is 0.315 e. The number of urea groups is 1. The maximum atomic E-state index is 13.1. The lowest BCUT2D eigenvalue weighted by Gasteiger charge is -2.56. The average molecular weight is 692 g/mol. The van der Waals surface area contributed by atoms with Gasteiger partial charge < -0.3 is 30.4 Å². The Morgan fingerprint density at radius 3 is 2.26 bits per heavy atom. The minimum Gasteiger partial charge on any atom is -0.618 e. The number of hydrogen-bond donors (Lipinski definition) is 3. The molecule has 4 aromatic rings. The Hall–Kier alpha value is -3.89. The maximum absolute atomic E-state index is 13.1. The lowest BCUT2D eigenvalue weighted by molar-refractivity contribution is -0.645. The summed E-state index contributed by atoms with van der Waals surface area (Å²) >= 11 is 1.48. The first kappa shape index (κ1) is 33.3. The molecule has 1 aromatic heterocycles. The molecular weight excluding hydrogens is 647 g/mol. The molecule has 4 saturated carbocycles. The van der Waals surface area contributed by atoms with Crippen LogP contribution in [0, 0.1) is 23.0 Å². The number of ether oxygens (including phenoxy) is 2. The van der Waals surface area contributed by atoms with Crippen LogP contribution in [0.25, 0.3) is 11.1 Å². The number of nitrogens with zero attached hydrogens (tertiary/aromatic N) is 1. The number of aliphatic hydroxyl groups is 1. The molecule has 3 aromatic carbocycles. The second-order valence-corrected chi connectivity index (χ2v) is 15.9. The molecule has 8 nitrogen and oxygen atoms in total. The fourth-order valence-electron chi connectivity index (χ4n) is 9.18. The molecule has 3 atom stereocenters.